The van der Waals surface area contributed by atoms with Gasteiger partial charge in [-0.05, 0) is 55.5 Å². The molecule has 0 saturated carbocycles. The van der Waals surface area contributed by atoms with Crippen LogP contribution in [-0.2, 0) is 11.3 Å². The van der Waals surface area contributed by atoms with Gasteiger partial charge in [0.15, 0.2) is 11.0 Å². The van der Waals surface area contributed by atoms with Gasteiger partial charge in [0.05, 0.1) is 11.3 Å². The van der Waals surface area contributed by atoms with E-state index in [1.807, 2.05) is 23.6 Å². The Kier molecular flexibility index (Phi) is 7.28. The number of anilines is 2. The zero-order valence-corrected chi connectivity index (χ0v) is 19.1. The van der Waals surface area contributed by atoms with Crippen LogP contribution in [0.2, 0.25) is 0 Å². The van der Waals surface area contributed by atoms with Crippen molar-refractivity contribution in [2.24, 2.45) is 0 Å². The van der Waals surface area contributed by atoms with Gasteiger partial charge in [-0.1, -0.05) is 23.9 Å². The number of rotatable bonds is 8. The van der Waals surface area contributed by atoms with Crippen LogP contribution in [0.5, 0.6) is 0 Å². The number of benzene rings is 2. The second-order valence-electron chi connectivity index (χ2n) is 7.13. The molecule has 2 amide bonds. The minimum absolute atomic E-state index is 0.0380. The number of nitrogens with zero attached hydrogens (tertiary/aromatic N) is 4. The fraction of sp³-hybridized carbons (Fsp3) is 0.125. The lowest BCUT2D eigenvalue weighted by Crippen LogP contribution is -2.15. The van der Waals surface area contributed by atoms with E-state index in [1.54, 1.807) is 42.7 Å². The molecule has 4 aromatic rings. The fourth-order valence-electron chi connectivity index (χ4n) is 3.20. The van der Waals surface area contributed by atoms with Crippen molar-refractivity contribution in [2.45, 2.75) is 18.6 Å². The van der Waals surface area contributed by atoms with E-state index >= 15 is 0 Å². The van der Waals surface area contributed by atoms with E-state index in [-0.39, 0.29) is 17.2 Å². The summed E-state index contributed by atoms with van der Waals surface area (Å²) in [7, 11) is 0. The molecule has 0 spiro atoms. The van der Waals surface area contributed by atoms with Crippen LogP contribution < -0.4 is 10.6 Å². The fourth-order valence-corrected chi connectivity index (χ4v) is 4.01. The van der Waals surface area contributed by atoms with E-state index in [4.69, 9.17) is 0 Å². The highest BCUT2D eigenvalue weighted by Crippen LogP contribution is 2.24. The number of amides is 2. The number of thioether (sulfide) groups is 1. The predicted octanol–water partition coefficient (Wildman–Crippen LogP) is 4.48. The summed E-state index contributed by atoms with van der Waals surface area (Å²) in [5, 5.41) is 14.6. The Hall–Kier alpha value is -4.05. The first kappa shape index (κ1) is 23.1. The normalized spacial score (nSPS) is 10.6. The zero-order chi connectivity index (χ0) is 23.9. The molecule has 0 aliphatic carbocycles. The van der Waals surface area contributed by atoms with Crippen LogP contribution in [0.3, 0.4) is 0 Å². The molecule has 2 heterocycles. The molecule has 0 radical (unpaired) electrons. The SMILES string of the molecule is CCn1c(SCC(=O)Nc2ccc(NC(=O)c3ccccc3F)cc2)nnc1-c1ccncc1. The molecule has 0 saturated heterocycles. The predicted molar refractivity (Wildman–Crippen MR) is 129 cm³/mol. The molecule has 0 fully saturated rings. The number of carbonyl (C=O) groups excluding carboxylic acids is 2. The van der Waals surface area contributed by atoms with E-state index in [0.717, 1.165) is 11.4 Å². The van der Waals surface area contributed by atoms with Crippen molar-refractivity contribution >= 4 is 35.0 Å². The maximum absolute atomic E-state index is 13.8. The van der Waals surface area contributed by atoms with Gasteiger partial charge in [-0.15, -0.1) is 10.2 Å². The maximum Gasteiger partial charge on any atom is 0.258 e. The highest BCUT2D eigenvalue weighted by Gasteiger charge is 2.15. The van der Waals surface area contributed by atoms with Crippen molar-refractivity contribution in [3.8, 4) is 11.4 Å². The van der Waals surface area contributed by atoms with Gasteiger partial charge >= 0.3 is 0 Å². The van der Waals surface area contributed by atoms with Crippen molar-refractivity contribution < 1.29 is 14.0 Å². The number of aromatic nitrogens is 4. The molecule has 34 heavy (non-hydrogen) atoms. The summed E-state index contributed by atoms with van der Waals surface area (Å²) in [5.74, 6) is -0.462. The van der Waals surface area contributed by atoms with Gasteiger partial charge in [-0.2, -0.15) is 0 Å². The van der Waals surface area contributed by atoms with Crippen LogP contribution in [-0.4, -0.2) is 37.3 Å². The lowest BCUT2D eigenvalue weighted by atomic mass is 10.2. The molecule has 0 bridgehead atoms. The van der Waals surface area contributed by atoms with Crippen molar-refractivity contribution in [1.82, 2.24) is 19.7 Å². The number of pyridine rings is 1. The third kappa shape index (κ3) is 5.46. The van der Waals surface area contributed by atoms with E-state index in [2.05, 4.69) is 25.8 Å². The van der Waals surface area contributed by atoms with Crippen LogP contribution in [0, 0.1) is 5.82 Å². The summed E-state index contributed by atoms with van der Waals surface area (Å²) >= 11 is 1.29. The molecular formula is C24H21FN6O2S. The lowest BCUT2D eigenvalue weighted by molar-refractivity contribution is -0.113. The molecule has 172 valence electrons. The number of carbonyl (C=O) groups is 2. The van der Waals surface area contributed by atoms with Crippen molar-refractivity contribution in [1.29, 1.82) is 0 Å². The first-order valence-electron chi connectivity index (χ1n) is 10.5. The molecule has 0 aliphatic heterocycles. The lowest BCUT2D eigenvalue weighted by Gasteiger charge is -2.09. The first-order chi connectivity index (χ1) is 16.5. The quantitative estimate of drug-likeness (QED) is 0.364. The summed E-state index contributed by atoms with van der Waals surface area (Å²) in [5.41, 5.74) is 1.93. The average Bonchev–Trinajstić information content (AvgIpc) is 3.28. The first-order valence-corrected chi connectivity index (χ1v) is 11.5. The van der Waals surface area contributed by atoms with Crippen LogP contribution in [0.1, 0.15) is 17.3 Å². The van der Waals surface area contributed by atoms with Crippen molar-refractivity contribution in [3.63, 3.8) is 0 Å². The summed E-state index contributed by atoms with van der Waals surface area (Å²) < 4.78 is 15.7. The minimum atomic E-state index is -0.590. The zero-order valence-electron chi connectivity index (χ0n) is 18.2. The molecule has 2 N–H and O–H groups in total. The van der Waals surface area contributed by atoms with Gasteiger partial charge in [-0.25, -0.2) is 4.39 Å². The van der Waals surface area contributed by atoms with Gasteiger partial charge in [0.25, 0.3) is 5.91 Å². The summed E-state index contributed by atoms with van der Waals surface area (Å²) in [6.45, 7) is 2.65. The van der Waals surface area contributed by atoms with E-state index in [1.165, 1.54) is 30.0 Å². The second kappa shape index (κ2) is 10.7. The molecular weight excluding hydrogens is 455 g/mol. The van der Waals surface area contributed by atoms with Gasteiger partial charge in [0.1, 0.15) is 5.82 Å². The Morgan fingerprint density at radius 2 is 1.62 bits per heavy atom. The molecule has 0 atom stereocenters. The van der Waals surface area contributed by atoms with E-state index in [9.17, 15) is 14.0 Å². The highest BCUT2D eigenvalue weighted by atomic mass is 32.2. The van der Waals surface area contributed by atoms with Crippen LogP contribution in [0.25, 0.3) is 11.4 Å². The molecule has 4 rings (SSSR count). The summed E-state index contributed by atoms with van der Waals surface area (Å²) in [4.78, 5) is 28.7. The largest absolute Gasteiger partial charge is 0.325 e. The topological polar surface area (TPSA) is 102 Å². The Bertz CT molecular complexity index is 1290. The monoisotopic (exact) mass is 476 g/mol. The van der Waals surface area contributed by atoms with Crippen LogP contribution in [0.15, 0.2) is 78.2 Å². The minimum Gasteiger partial charge on any atom is -0.325 e. The van der Waals surface area contributed by atoms with Gasteiger partial charge in [-0.3, -0.25) is 14.6 Å². The molecule has 0 aliphatic rings. The van der Waals surface area contributed by atoms with Crippen LogP contribution in [0.4, 0.5) is 15.8 Å². The van der Waals surface area contributed by atoms with Gasteiger partial charge in [0.2, 0.25) is 5.91 Å². The van der Waals surface area contributed by atoms with Gasteiger partial charge < -0.3 is 15.2 Å². The number of nitrogens with one attached hydrogen (secondary N) is 2. The number of hydrogen-bond donors (Lipinski definition) is 2. The van der Waals surface area contributed by atoms with Crippen molar-refractivity contribution in [2.75, 3.05) is 16.4 Å². The molecule has 2 aromatic carbocycles. The van der Waals surface area contributed by atoms with E-state index in [0.29, 0.717) is 23.1 Å². The van der Waals surface area contributed by atoms with E-state index < -0.39 is 11.7 Å². The number of hydrogen-bond acceptors (Lipinski definition) is 6. The smallest absolute Gasteiger partial charge is 0.258 e. The third-order valence-corrected chi connectivity index (χ3v) is 5.82. The Morgan fingerprint density at radius 3 is 2.29 bits per heavy atom. The average molecular weight is 477 g/mol. The third-order valence-electron chi connectivity index (χ3n) is 4.85. The number of halogens is 1. The highest BCUT2D eigenvalue weighted by molar-refractivity contribution is 7.99. The summed E-state index contributed by atoms with van der Waals surface area (Å²) in [6, 6.07) is 16.1. The molecule has 10 heteroatoms. The summed E-state index contributed by atoms with van der Waals surface area (Å²) in [6.07, 6.45) is 3.39. The standard InChI is InChI=1S/C24H21FN6O2S/c1-2-31-22(16-11-13-26-14-12-16)29-30-24(31)34-15-21(32)27-17-7-9-18(10-8-17)28-23(33)19-5-3-4-6-20(19)25/h3-14H,2,15H2,1H3,(H,27,32)(H,28,33). The molecule has 2 aromatic heterocycles. The Morgan fingerprint density at radius 1 is 0.941 bits per heavy atom. The Balaban J connectivity index is 1.33. The second-order valence-corrected chi connectivity index (χ2v) is 8.08. The molecule has 8 nitrogen and oxygen atoms in total. The molecule has 0 unspecified atom stereocenters. The maximum atomic E-state index is 13.8. The van der Waals surface area contributed by atoms with Gasteiger partial charge in [0, 0.05) is 35.9 Å². The van der Waals surface area contributed by atoms with Crippen molar-refractivity contribution in [3.05, 3.63) is 84.4 Å². The Labute approximate surface area is 199 Å². The van der Waals surface area contributed by atoms with Crippen LogP contribution >= 0.6 is 11.8 Å².